The van der Waals surface area contributed by atoms with Gasteiger partial charge in [-0.2, -0.15) is 0 Å². The Balaban J connectivity index is 1.87. The van der Waals surface area contributed by atoms with Crippen molar-refractivity contribution in [1.82, 2.24) is 4.90 Å². The predicted octanol–water partition coefficient (Wildman–Crippen LogP) is 4.58. The van der Waals surface area contributed by atoms with Gasteiger partial charge in [0.2, 0.25) is 0 Å². The monoisotopic (exact) mass is 341 g/mol. The standard InChI is InChI=1S/C18H25ClFNO2/c1-2-3-4-15(18(22)23)14-7-9-21(10-8-14)12-13-5-6-16(19)17(20)11-13/h5-6,11,14-15H,2-4,7-10,12H2,1H3,(H,22,23). The third-order valence-electron chi connectivity index (χ3n) is 4.78. The fourth-order valence-corrected chi connectivity index (χ4v) is 3.51. The third-order valence-corrected chi connectivity index (χ3v) is 5.08. The van der Waals surface area contributed by atoms with Crippen LogP contribution in [0.1, 0.15) is 44.6 Å². The van der Waals surface area contributed by atoms with E-state index >= 15 is 0 Å². The Kier molecular flexibility index (Phi) is 6.85. The van der Waals surface area contributed by atoms with Crippen LogP contribution < -0.4 is 0 Å². The molecule has 1 heterocycles. The summed E-state index contributed by atoms with van der Waals surface area (Å²) in [5.41, 5.74) is 0.908. The van der Waals surface area contributed by atoms with Gasteiger partial charge < -0.3 is 5.11 Å². The van der Waals surface area contributed by atoms with Crippen molar-refractivity contribution in [2.75, 3.05) is 13.1 Å². The Hall–Kier alpha value is -1.13. The number of carboxylic acids is 1. The largest absolute Gasteiger partial charge is 0.481 e. The molecule has 0 spiro atoms. The molecule has 1 N–H and O–H groups in total. The highest BCUT2D eigenvalue weighted by Gasteiger charge is 2.30. The van der Waals surface area contributed by atoms with Crippen LogP contribution in [0.4, 0.5) is 4.39 Å². The summed E-state index contributed by atoms with van der Waals surface area (Å²) in [7, 11) is 0. The van der Waals surface area contributed by atoms with Gasteiger partial charge in [-0.1, -0.05) is 37.4 Å². The Morgan fingerprint density at radius 2 is 2.13 bits per heavy atom. The Morgan fingerprint density at radius 1 is 1.43 bits per heavy atom. The molecule has 1 fully saturated rings. The van der Waals surface area contributed by atoms with Crippen molar-refractivity contribution in [3.8, 4) is 0 Å². The molecule has 0 aromatic heterocycles. The van der Waals surface area contributed by atoms with Crippen LogP contribution in [-0.4, -0.2) is 29.1 Å². The van der Waals surface area contributed by atoms with Gasteiger partial charge in [0.15, 0.2) is 0 Å². The molecule has 0 radical (unpaired) electrons. The number of piperidine rings is 1. The normalized spacial score (nSPS) is 18.0. The minimum absolute atomic E-state index is 0.146. The van der Waals surface area contributed by atoms with Crippen LogP contribution in [0.5, 0.6) is 0 Å². The number of benzene rings is 1. The first-order chi connectivity index (χ1) is 11.0. The Labute approximate surface area is 142 Å². The molecule has 5 heteroatoms. The number of likely N-dealkylation sites (tertiary alicyclic amines) is 1. The van der Waals surface area contributed by atoms with Crippen molar-refractivity contribution in [2.45, 2.75) is 45.6 Å². The molecule has 0 aliphatic carbocycles. The average molecular weight is 342 g/mol. The maximum atomic E-state index is 13.5. The second kappa shape index (κ2) is 8.65. The van der Waals surface area contributed by atoms with E-state index in [9.17, 15) is 14.3 Å². The van der Waals surface area contributed by atoms with E-state index in [1.807, 2.05) is 6.07 Å². The highest BCUT2D eigenvalue weighted by atomic mass is 35.5. The molecule has 0 bridgehead atoms. The van der Waals surface area contributed by atoms with E-state index < -0.39 is 5.97 Å². The lowest BCUT2D eigenvalue weighted by Crippen LogP contribution is -2.37. The molecule has 1 saturated heterocycles. The number of nitrogens with zero attached hydrogens (tertiary/aromatic N) is 1. The fraction of sp³-hybridized carbons (Fsp3) is 0.611. The summed E-state index contributed by atoms with van der Waals surface area (Å²) >= 11 is 5.70. The van der Waals surface area contributed by atoms with Crippen molar-refractivity contribution >= 4 is 17.6 Å². The van der Waals surface area contributed by atoms with Crippen LogP contribution in [0.25, 0.3) is 0 Å². The van der Waals surface area contributed by atoms with Gasteiger partial charge in [0.05, 0.1) is 10.9 Å². The van der Waals surface area contributed by atoms with Gasteiger partial charge in [0, 0.05) is 6.54 Å². The lowest BCUT2D eigenvalue weighted by Gasteiger charge is -2.34. The van der Waals surface area contributed by atoms with E-state index in [0.717, 1.165) is 50.8 Å². The highest BCUT2D eigenvalue weighted by molar-refractivity contribution is 6.30. The van der Waals surface area contributed by atoms with Crippen LogP contribution in [-0.2, 0) is 11.3 Å². The zero-order valence-corrected chi connectivity index (χ0v) is 14.4. The quantitative estimate of drug-likeness (QED) is 0.789. The minimum Gasteiger partial charge on any atom is -0.481 e. The smallest absolute Gasteiger partial charge is 0.306 e. The number of hydrogen-bond donors (Lipinski definition) is 1. The number of unbranched alkanes of at least 4 members (excludes halogenated alkanes) is 1. The molecule has 1 atom stereocenters. The molecule has 1 aliphatic heterocycles. The first-order valence-electron chi connectivity index (χ1n) is 8.40. The zero-order chi connectivity index (χ0) is 16.8. The van der Waals surface area contributed by atoms with E-state index in [-0.39, 0.29) is 22.7 Å². The molecule has 23 heavy (non-hydrogen) atoms. The number of rotatable bonds is 7. The van der Waals surface area contributed by atoms with Gasteiger partial charge in [0.25, 0.3) is 0 Å². The molecule has 1 aromatic rings. The number of halogens is 2. The molecule has 3 nitrogen and oxygen atoms in total. The summed E-state index contributed by atoms with van der Waals surface area (Å²) in [6, 6.07) is 4.92. The number of hydrogen-bond acceptors (Lipinski definition) is 2. The van der Waals surface area contributed by atoms with E-state index in [1.165, 1.54) is 6.07 Å². The van der Waals surface area contributed by atoms with Crippen molar-refractivity contribution in [1.29, 1.82) is 0 Å². The summed E-state index contributed by atoms with van der Waals surface area (Å²) < 4.78 is 13.5. The minimum atomic E-state index is -0.656. The highest BCUT2D eigenvalue weighted by Crippen LogP contribution is 2.30. The topological polar surface area (TPSA) is 40.5 Å². The molecular weight excluding hydrogens is 317 g/mol. The zero-order valence-electron chi connectivity index (χ0n) is 13.6. The number of carboxylic acid groups (broad SMARTS) is 1. The van der Waals surface area contributed by atoms with Crippen molar-refractivity contribution in [2.24, 2.45) is 11.8 Å². The summed E-state index contributed by atoms with van der Waals surface area (Å²) in [5, 5.41) is 9.59. The SMILES string of the molecule is CCCCC(C(=O)O)C1CCN(Cc2ccc(Cl)c(F)c2)CC1. The lowest BCUT2D eigenvalue weighted by molar-refractivity contribution is -0.144. The number of carbonyl (C=O) groups is 1. The van der Waals surface area contributed by atoms with Crippen LogP contribution >= 0.6 is 11.6 Å². The fourth-order valence-electron chi connectivity index (χ4n) is 3.39. The summed E-state index contributed by atoms with van der Waals surface area (Å²) in [5.74, 6) is -0.997. The van der Waals surface area contributed by atoms with Crippen LogP contribution in [0.2, 0.25) is 5.02 Å². The molecule has 128 valence electrons. The Morgan fingerprint density at radius 3 is 2.70 bits per heavy atom. The van der Waals surface area contributed by atoms with Crippen LogP contribution in [0.15, 0.2) is 18.2 Å². The summed E-state index contributed by atoms with van der Waals surface area (Å²) in [6.07, 6.45) is 4.58. The maximum Gasteiger partial charge on any atom is 0.306 e. The predicted molar refractivity (Wildman–Crippen MR) is 90.1 cm³/mol. The summed E-state index contributed by atoms with van der Waals surface area (Å²) in [6.45, 7) is 4.51. The number of aliphatic carboxylic acids is 1. The molecule has 0 saturated carbocycles. The average Bonchev–Trinajstić information content (AvgIpc) is 2.52. The van der Waals surface area contributed by atoms with Gasteiger partial charge >= 0.3 is 5.97 Å². The molecule has 1 unspecified atom stereocenters. The Bertz CT molecular complexity index is 530. The second-order valence-corrected chi connectivity index (χ2v) is 6.86. The van der Waals surface area contributed by atoms with Gasteiger partial charge in [-0.05, 0) is 56.0 Å². The van der Waals surface area contributed by atoms with Gasteiger partial charge in [-0.25, -0.2) is 4.39 Å². The van der Waals surface area contributed by atoms with Gasteiger partial charge in [0.1, 0.15) is 5.82 Å². The van der Waals surface area contributed by atoms with E-state index in [1.54, 1.807) is 6.07 Å². The maximum absolute atomic E-state index is 13.5. The first kappa shape index (κ1) is 18.2. The molecule has 0 amide bonds. The van der Waals surface area contributed by atoms with Crippen molar-refractivity contribution < 1.29 is 14.3 Å². The van der Waals surface area contributed by atoms with Crippen LogP contribution in [0.3, 0.4) is 0 Å². The molecular formula is C18H25ClFNO2. The molecule has 2 rings (SSSR count). The van der Waals surface area contributed by atoms with E-state index in [2.05, 4.69) is 11.8 Å². The van der Waals surface area contributed by atoms with Crippen LogP contribution in [0, 0.1) is 17.7 Å². The van der Waals surface area contributed by atoms with Crippen molar-refractivity contribution in [3.05, 3.63) is 34.6 Å². The lowest BCUT2D eigenvalue weighted by atomic mass is 9.81. The van der Waals surface area contributed by atoms with E-state index in [0.29, 0.717) is 6.54 Å². The molecule has 1 aliphatic rings. The third kappa shape index (κ3) is 5.18. The van der Waals surface area contributed by atoms with Gasteiger partial charge in [-0.3, -0.25) is 9.69 Å². The second-order valence-electron chi connectivity index (χ2n) is 6.45. The van der Waals surface area contributed by atoms with E-state index in [4.69, 9.17) is 11.6 Å². The molecule has 1 aromatic carbocycles. The van der Waals surface area contributed by atoms with Gasteiger partial charge in [-0.15, -0.1) is 0 Å². The van der Waals surface area contributed by atoms with Crippen molar-refractivity contribution in [3.63, 3.8) is 0 Å². The summed E-state index contributed by atoms with van der Waals surface area (Å²) in [4.78, 5) is 13.7. The first-order valence-corrected chi connectivity index (χ1v) is 8.78.